The van der Waals surface area contributed by atoms with E-state index in [1.54, 1.807) is 0 Å². The quantitative estimate of drug-likeness (QED) is 0.477. The van der Waals surface area contributed by atoms with Gasteiger partial charge in [0.05, 0.1) is 0 Å². The molecule has 1 N–H and O–H groups in total. The third-order valence-electron chi connectivity index (χ3n) is 2.13. The van der Waals surface area contributed by atoms with Crippen LogP contribution in [0.5, 0.6) is 0 Å². The minimum Gasteiger partial charge on any atom is -0.314 e. The van der Waals surface area contributed by atoms with Crippen molar-refractivity contribution in [3.8, 4) is 0 Å². The molecule has 1 rings (SSSR count). The molecule has 2 nitrogen and oxygen atoms in total. The Morgan fingerprint density at radius 1 is 1.64 bits per heavy atom. The molecule has 11 heavy (non-hydrogen) atoms. The van der Waals surface area contributed by atoms with Crippen LogP contribution in [-0.4, -0.2) is 26.4 Å². The van der Waals surface area contributed by atoms with Crippen molar-refractivity contribution in [3.63, 3.8) is 0 Å². The third kappa shape index (κ3) is 2.46. The van der Waals surface area contributed by atoms with Gasteiger partial charge in [-0.25, -0.2) is 0 Å². The second kappa shape index (κ2) is 4.29. The SMILES string of the molecule is CN=CCC1C=CC(NC)C1. The molecule has 2 atom stereocenters. The van der Waals surface area contributed by atoms with Crippen LogP contribution in [0.1, 0.15) is 12.8 Å². The molecule has 0 fully saturated rings. The van der Waals surface area contributed by atoms with Crippen LogP contribution in [0.25, 0.3) is 0 Å². The van der Waals surface area contributed by atoms with Crippen LogP contribution in [0.4, 0.5) is 0 Å². The fraction of sp³-hybridized carbons (Fsp3) is 0.667. The topological polar surface area (TPSA) is 24.4 Å². The molecule has 0 spiro atoms. The fourth-order valence-corrected chi connectivity index (χ4v) is 1.40. The molecule has 2 heteroatoms. The lowest BCUT2D eigenvalue weighted by molar-refractivity contribution is 0.558. The molecule has 0 aromatic carbocycles. The summed E-state index contributed by atoms with van der Waals surface area (Å²) in [5.41, 5.74) is 0. The van der Waals surface area contributed by atoms with Crippen LogP contribution in [0.15, 0.2) is 17.1 Å². The molecule has 2 unspecified atom stereocenters. The molecular weight excluding hydrogens is 136 g/mol. The highest BCUT2D eigenvalue weighted by molar-refractivity contribution is 5.57. The Bertz CT molecular complexity index is 161. The molecule has 1 aliphatic rings. The summed E-state index contributed by atoms with van der Waals surface area (Å²) in [5.74, 6) is 0.705. The molecule has 0 radical (unpaired) electrons. The van der Waals surface area contributed by atoms with Gasteiger partial charge >= 0.3 is 0 Å². The average Bonchev–Trinajstić information content (AvgIpc) is 2.48. The van der Waals surface area contributed by atoms with E-state index >= 15 is 0 Å². The summed E-state index contributed by atoms with van der Waals surface area (Å²) >= 11 is 0. The maximum Gasteiger partial charge on any atom is 0.0273 e. The van der Waals surface area contributed by atoms with Crippen LogP contribution >= 0.6 is 0 Å². The lowest BCUT2D eigenvalue weighted by Crippen LogP contribution is -2.21. The van der Waals surface area contributed by atoms with Crippen LogP contribution < -0.4 is 5.32 Å². The molecule has 0 saturated heterocycles. The molecule has 0 bridgehead atoms. The van der Waals surface area contributed by atoms with Gasteiger partial charge in [0.15, 0.2) is 0 Å². The average molecular weight is 152 g/mol. The van der Waals surface area contributed by atoms with Crippen molar-refractivity contribution in [2.45, 2.75) is 18.9 Å². The number of nitrogens with zero attached hydrogens (tertiary/aromatic N) is 1. The summed E-state index contributed by atoms with van der Waals surface area (Å²) in [6.07, 6.45) is 8.83. The largest absolute Gasteiger partial charge is 0.314 e. The Morgan fingerprint density at radius 2 is 2.45 bits per heavy atom. The van der Waals surface area contributed by atoms with Crippen LogP contribution in [0, 0.1) is 5.92 Å². The fourth-order valence-electron chi connectivity index (χ4n) is 1.40. The van der Waals surface area contributed by atoms with Crippen molar-refractivity contribution in [2.24, 2.45) is 10.9 Å². The number of nitrogens with one attached hydrogen (secondary N) is 1. The predicted octanol–water partition coefficient (Wildman–Crippen LogP) is 1.24. The van der Waals surface area contributed by atoms with Gasteiger partial charge in [-0.15, -0.1) is 0 Å². The van der Waals surface area contributed by atoms with Crippen LogP contribution in [-0.2, 0) is 0 Å². The zero-order valence-corrected chi connectivity index (χ0v) is 7.25. The molecule has 0 aliphatic heterocycles. The van der Waals surface area contributed by atoms with E-state index in [9.17, 15) is 0 Å². The molecule has 0 aromatic heterocycles. The van der Waals surface area contributed by atoms with Gasteiger partial charge < -0.3 is 10.3 Å². The Balaban J connectivity index is 2.26. The molecule has 1 aliphatic carbocycles. The van der Waals surface area contributed by atoms with Crippen molar-refractivity contribution >= 4 is 6.21 Å². The Morgan fingerprint density at radius 3 is 3.00 bits per heavy atom. The van der Waals surface area contributed by atoms with E-state index in [1.165, 1.54) is 6.42 Å². The molecule has 62 valence electrons. The second-order valence-corrected chi connectivity index (χ2v) is 2.95. The van der Waals surface area contributed by atoms with Gasteiger partial charge in [-0.05, 0) is 32.0 Å². The number of rotatable bonds is 3. The Labute approximate surface area is 68.4 Å². The summed E-state index contributed by atoms with van der Waals surface area (Å²) in [7, 11) is 3.83. The standard InChI is InChI=1S/C9H16N2/c1-10-6-5-8-3-4-9(7-8)11-2/h3-4,6,8-9,11H,5,7H2,1-2H3. The first-order valence-corrected chi connectivity index (χ1v) is 4.13. The van der Waals surface area contributed by atoms with Gasteiger partial charge in [0.1, 0.15) is 0 Å². The molecule has 0 saturated carbocycles. The minimum absolute atomic E-state index is 0.588. The highest BCUT2D eigenvalue weighted by Gasteiger charge is 2.15. The van der Waals surface area contributed by atoms with E-state index in [-0.39, 0.29) is 0 Å². The first-order chi connectivity index (χ1) is 5.36. The van der Waals surface area contributed by atoms with E-state index < -0.39 is 0 Å². The van der Waals surface area contributed by atoms with E-state index in [1.807, 2.05) is 20.3 Å². The number of aliphatic imine (C=N–C) groups is 1. The Kier molecular flexibility index (Phi) is 3.30. The minimum atomic E-state index is 0.588. The van der Waals surface area contributed by atoms with Crippen LogP contribution in [0.2, 0.25) is 0 Å². The number of hydrogen-bond acceptors (Lipinski definition) is 2. The first-order valence-electron chi connectivity index (χ1n) is 4.13. The summed E-state index contributed by atoms with van der Waals surface area (Å²) in [5, 5.41) is 3.24. The summed E-state index contributed by atoms with van der Waals surface area (Å²) in [6.45, 7) is 0. The lowest BCUT2D eigenvalue weighted by Gasteiger charge is -2.07. The highest BCUT2D eigenvalue weighted by Crippen LogP contribution is 2.19. The van der Waals surface area contributed by atoms with Crippen molar-refractivity contribution in [2.75, 3.05) is 14.1 Å². The van der Waals surface area contributed by atoms with Gasteiger partial charge in [0, 0.05) is 13.1 Å². The zero-order valence-electron chi connectivity index (χ0n) is 7.25. The lowest BCUT2D eigenvalue weighted by atomic mass is 10.1. The van der Waals surface area contributed by atoms with Crippen molar-refractivity contribution in [3.05, 3.63) is 12.2 Å². The number of hydrogen-bond donors (Lipinski definition) is 1. The van der Waals surface area contributed by atoms with Crippen LogP contribution in [0.3, 0.4) is 0 Å². The Hall–Kier alpha value is -0.630. The summed E-state index contributed by atoms with van der Waals surface area (Å²) < 4.78 is 0. The van der Waals surface area contributed by atoms with Gasteiger partial charge in [-0.1, -0.05) is 12.2 Å². The summed E-state index contributed by atoms with van der Waals surface area (Å²) in [4.78, 5) is 3.97. The predicted molar refractivity (Wildman–Crippen MR) is 49.1 cm³/mol. The van der Waals surface area contributed by atoms with Crippen molar-refractivity contribution in [1.29, 1.82) is 0 Å². The third-order valence-corrected chi connectivity index (χ3v) is 2.13. The molecule has 0 heterocycles. The molecule has 0 aromatic rings. The zero-order chi connectivity index (χ0) is 8.10. The smallest absolute Gasteiger partial charge is 0.0273 e. The van der Waals surface area contributed by atoms with Crippen molar-refractivity contribution < 1.29 is 0 Å². The van der Waals surface area contributed by atoms with Gasteiger partial charge in [0.25, 0.3) is 0 Å². The van der Waals surface area contributed by atoms with Crippen molar-refractivity contribution in [1.82, 2.24) is 5.32 Å². The maximum absolute atomic E-state index is 3.97. The normalized spacial score (nSPS) is 30.4. The molecule has 0 amide bonds. The number of likely N-dealkylation sites (N-methyl/N-ethyl adjacent to an activating group) is 1. The van der Waals surface area contributed by atoms with E-state index in [4.69, 9.17) is 0 Å². The maximum atomic E-state index is 3.97. The van der Waals surface area contributed by atoms with Gasteiger partial charge in [0.2, 0.25) is 0 Å². The van der Waals surface area contributed by atoms with Gasteiger partial charge in [-0.3, -0.25) is 0 Å². The molecular formula is C9H16N2. The van der Waals surface area contributed by atoms with E-state index in [2.05, 4.69) is 22.5 Å². The monoisotopic (exact) mass is 152 g/mol. The van der Waals surface area contributed by atoms with E-state index in [0.29, 0.717) is 12.0 Å². The first kappa shape index (κ1) is 8.47. The second-order valence-electron chi connectivity index (χ2n) is 2.95. The van der Waals surface area contributed by atoms with E-state index in [0.717, 1.165) is 6.42 Å². The number of allylic oxidation sites excluding steroid dienone is 1. The summed E-state index contributed by atoms with van der Waals surface area (Å²) in [6, 6.07) is 0.588. The van der Waals surface area contributed by atoms with Gasteiger partial charge in [-0.2, -0.15) is 0 Å². The highest BCUT2D eigenvalue weighted by atomic mass is 14.9.